The van der Waals surface area contributed by atoms with Crippen molar-refractivity contribution in [1.29, 1.82) is 0 Å². The van der Waals surface area contributed by atoms with E-state index in [0.29, 0.717) is 11.6 Å². The second kappa shape index (κ2) is 4.94. The fourth-order valence-electron chi connectivity index (χ4n) is 1.73. The molecule has 0 saturated heterocycles. The zero-order chi connectivity index (χ0) is 14.2. The molecule has 1 N–H and O–H groups in total. The Labute approximate surface area is 111 Å². The van der Waals surface area contributed by atoms with Crippen LogP contribution >= 0.6 is 11.3 Å². The normalized spacial score (nSPS) is 13.6. The van der Waals surface area contributed by atoms with Crippen molar-refractivity contribution in [3.63, 3.8) is 0 Å². The van der Waals surface area contributed by atoms with E-state index in [4.69, 9.17) is 0 Å². The number of aliphatic hydroxyl groups excluding tert-OH is 1. The van der Waals surface area contributed by atoms with E-state index in [2.05, 4.69) is 0 Å². The predicted octanol–water partition coefficient (Wildman–Crippen LogP) is 4.30. The maximum atomic E-state index is 13.2. The average Bonchev–Trinajstić information content (AvgIpc) is 2.73. The first-order chi connectivity index (χ1) is 8.77. The standard InChI is InChI=1S/C13H10F4OS/c1-7-2-9(6-19-7)12(18)8-3-10(13(15,16)17)5-11(14)4-8/h2-6,12,18H,1H3. The summed E-state index contributed by atoms with van der Waals surface area (Å²) in [7, 11) is 0. The molecule has 1 atom stereocenters. The van der Waals surface area contributed by atoms with Crippen LogP contribution in [-0.2, 0) is 6.18 Å². The first-order valence-corrected chi connectivity index (χ1v) is 6.26. The van der Waals surface area contributed by atoms with Gasteiger partial charge in [0.15, 0.2) is 0 Å². The second-order valence-electron chi connectivity index (χ2n) is 4.16. The minimum absolute atomic E-state index is 0.106. The fraction of sp³-hybridized carbons (Fsp3) is 0.231. The van der Waals surface area contributed by atoms with Crippen molar-refractivity contribution in [3.8, 4) is 0 Å². The molecule has 6 heteroatoms. The van der Waals surface area contributed by atoms with Crippen molar-refractivity contribution in [1.82, 2.24) is 0 Å². The molecule has 0 aliphatic heterocycles. The molecule has 0 aliphatic carbocycles. The summed E-state index contributed by atoms with van der Waals surface area (Å²) in [4.78, 5) is 0.918. The Morgan fingerprint density at radius 1 is 1.11 bits per heavy atom. The fourth-order valence-corrected chi connectivity index (χ4v) is 2.46. The van der Waals surface area contributed by atoms with Gasteiger partial charge in [-0.15, -0.1) is 11.3 Å². The van der Waals surface area contributed by atoms with Crippen LogP contribution in [0.1, 0.15) is 27.7 Å². The smallest absolute Gasteiger partial charge is 0.384 e. The molecule has 102 valence electrons. The van der Waals surface area contributed by atoms with E-state index in [1.54, 1.807) is 11.4 Å². The molecule has 1 aromatic carbocycles. The van der Waals surface area contributed by atoms with Gasteiger partial charge in [0.2, 0.25) is 0 Å². The van der Waals surface area contributed by atoms with Crippen LogP contribution < -0.4 is 0 Å². The summed E-state index contributed by atoms with van der Waals surface area (Å²) in [5, 5.41) is 11.6. The van der Waals surface area contributed by atoms with Crippen LogP contribution in [0, 0.1) is 12.7 Å². The number of halogens is 4. The van der Waals surface area contributed by atoms with Crippen molar-refractivity contribution in [2.24, 2.45) is 0 Å². The lowest BCUT2D eigenvalue weighted by Gasteiger charge is -2.13. The maximum absolute atomic E-state index is 13.2. The average molecular weight is 290 g/mol. The number of hydrogen-bond acceptors (Lipinski definition) is 2. The molecule has 1 aromatic heterocycles. The molecule has 2 aromatic rings. The highest BCUT2D eigenvalue weighted by Crippen LogP contribution is 2.33. The van der Waals surface area contributed by atoms with Crippen LogP contribution in [0.5, 0.6) is 0 Å². The quantitative estimate of drug-likeness (QED) is 0.818. The zero-order valence-corrected chi connectivity index (χ0v) is 10.6. The van der Waals surface area contributed by atoms with Gasteiger partial charge in [-0.05, 0) is 47.7 Å². The molecule has 0 amide bonds. The third-order valence-corrected chi connectivity index (χ3v) is 3.51. The molecule has 1 unspecified atom stereocenters. The molecule has 19 heavy (non-hydrogen) atoms. The van der Waals surface area contributed by atoms with Gasteiger partial charge < -0.3 is 5.11 Å². The summed E-state index contributed by atoms with van der Waals surface area (Å²) >= 11 is 1.37. The van der Waals surface area contributed by atoms with Gasteiger partial charge >= 0.3 is 6.18 Å². The van der Waals surface area contributed by atoms with Crippen molar-refractivity contribution in [2.45, 2.75) is 19.2 Å². The van der Waals surface area contributed by atoms with Gasteiger partial charge in [-0.2, -0.15) is 13.2 Å². The van der Waals surface area contributed by atoms with Crippen molar-refractivity contribution in [2.75, 3.05) is 0 Å². The Morgan fingerprint density at radius 2 is 1.79 bits per heavy atom. The Hall–Kier alpha value is -1.40. The summed E-state index contributed by atoms with van der Waals surface area (Å²) < 4.78 is 50.9. The third-order valence-electron chi connectivity index (χ3n) is 2.63. The molecule has 2 rings (SSSR count). The molecule has 0 bridgehead atoms. The molecular formula is C13H10F4OS. The predicted molar refractivity (Wildman–Crippen MR) is 64.5 cm³/mol. The van der Waals surface area contributed by atoms with Crippen LogP contribution in [0.25, 0.3) is 0 Å². The minimum Gasteiger partial charge on any atom is -0.384 e. The molecule has 0 spiro atoms. The van der Waals surface area contributed by atoms with E-state index in [0.717, 1.165) is 17.0 Å². The summed E-state index contributed by atoms with van der Waals surface area (Å²) in [6.07, 6.45) is -5.90. The summed E-state index contributed by atoms with van der Waals surface area (Å²) in [5.41, 5.74) is -0.750. The SMILES string of the molecule is Cc1cc(C(O)c2cc(F)cc(C(F)(F)F)c2)cs1. The Balaban J connectivity index is 2.42. The lowest BCUT2D eigenvalue weighted by Crippen LogP contribution is -2.08. The zero-order valence-electron chi connectivity index (χ0n) is 9.83. The Bertz CT molecular complexity index is 589. The van der Waals surface area contributed by atoms with Gasteiger partial charge in [-0.3, -0.25) is 0 Å². The molecule has 0 aliphatic rings. The topological polar surface area (TPSA) is 20.2 Å². The molecule has 0 fully saturated rings. The lowest BCUT2D eigenvalue weighted by atomic mass is 10.0. The largest absolute Gasteiger partial charge is 0.416 e. The number of thiophene rings is 1. The highest BCUT2D eigenvalue weighted by molar-refractivity contribution is 7.10. The van der Waals surface area contributed by atoms with Gasteiger partial charge in [0.05, 0.1) is 5.56 Å². The molecule has 0 radical (unpaired) electrons. The number of hydrogen-bond donors (Lipinski definition) is 1. The Kier molecular flexibility index (Phi) is 3.64. The van der Waals surface area contributed by atoms with Crippen LogP contribution in [0.15, 0.2) is 29.6 Å². The van der Waals surface area contributed by atoms with Gasteiger partial charge in [-0.1, -0.05) is 0 Å². The van der Waals surface area contributed by atoms with Gasteiger partial charge in [0.25, 0.3) is 0 Å². The van der Waals surface area contributed by atoms with Crippen molar-refractivity contribution < 1.29 is 22.7 Å². The van der Waals surface area contributed by atoms with E-state index in [-0.39, 0.29) is 5.56 Å². The minimum atomic E-state index is -4.64. The number of rotatable bonds is 2. The number of aryl methyl sites for hydroxylation is 1. The first kappa shape index (κ1) is 14.0. The Morgan fingerprint density at radius 3 is 2.32 bits per heavy atom. The highest BCUT2D eigenvalue weighted by Gasteiger charge is 2.32. The monoisotopic (exact) mass is 290 g/mol. The highest BCUT2D eigenvalue weighted by atomic mass is 32.1. The van der Waals surface area contributed by atoms with Crippen LogP contribution in [0.3, 0.4) is 0 Å². The number of alkyl halides is 3. The molecule has 1 nitrogen and oxygen atoms in total. The molecule has 1 heterocycles. The van der Waals surface area contributed by atoms with Gasteiger partial charge in [0.1, 0.15) is 11.9 Å². The van der Waals surface area contributed by atoms with E-state index in [1.165, 1.54) is 11.3 Å². The number of benzene rings is 1. The lowest BCUT2D eigenvalue weighted by molar-refractivity contribution is -0.137. The van der Waals surface area contributed by atoms with Crippen LogP contribution in [-0.4, -0.2) is 5.11 Å². The maximum Gasteiger partial charge on any atom is 0.416 e. The summed E-state index contributed by atoms with van der Waals surface area (Å²) in [6.45, 7) is 1.81. The van der Waals surface area contributed by atoms with E-state index in [1.807, 2.05) is 6.92 Å². The van der Waals surface area contributed by atoms with Crippen molar-refractivity contribution in [3.05, 3.63) is 57.0 Å². The van der Waals surface area contributed by atoms with Crippen LogP contribution in [0.4, 0.5) is 17.6 Å². The summed E-state index contributed by atoms with van der Waals surface area (Å²) in [5.74, 6) is -1.02. The van der Waals surface area contributed by atoms with E-state index >= 15 is 0 Å². The second-order valence-corrected chi connectivity index (χ2v) is 5.28. The van der Waals surface area contributed by atoms with Gasteiger partial charge in [-0.25, -0.2) is 4.39 Å². The third kappa shape index (κ3) is 3.13. The first-order valence-electron chi connectivity index (χ1n) is 5.38. The van der Waals surface area contributed by atoms with Crippen molar-refractivity contribution >= 4 is 11.3 Å². The van der Waals surface area contributed by atoms with Crippen LogP contribution in [0.2, 0.25) is 0 Å². The number of aliphatic hydroxyl groups is 1. The molecular weight excluding hydrogens is 280 g/mol. The summed E-state index contributed by atoms with van der Waals surface area (Å²) in [6, 6.07) is 3.75. The van der Waals surface area contributed by atoms with E-state index < -0.39 is 23.7 Å². The molecule has 0 saturated carbocycles. The van der Waals surface area contributed by atoms with Gasteiger partial charge in [0, 0.05) is 4.88 Å². The van der Waals surface area contributed by atoms with E-state index in [9.17, 15) is 22.7 Å².